The summed E-state index contributed by atoms with van der Waals surface area (Å²) in [6.07, 6.45) is 19.2. The van der Waals surface area contributed by atoms with Gasteiger partial charge in [-0.05, 0) is 105 Å². The molecule has 36 heavy (non-hydrogen) atoms. The zero-order valence-corrected chi connectivity index (χ0v) is 22.8. The van der Waals surface area contributed by atoms with Gasteiger partial charge in [0.15, 0.2) is 0 Å². The average Bonchev–Trinajstić information content (AvgIpc) is 3.77. The lowest BCUT2D eigenvalue weighted by Gasteiger charge is -2.26. The van der Waals surface area contributed by atoms with Crippen LogP contribution < -0.4 is 5.32 Å². The zero-order valence-electron chi connectivity index (χ0n) is 22.8. The Morgan fingerprint density at radius 3 is 2.53 bits per heavy atom. The van der Waals surface area contributed by atoms with Crippen molar-refractivity contribution in [2.75, 3.05) is 20.1 Å². The second kappa shape index (κ2) is 12.3. The lowest BCUT2D eigenvalue weighted by molar-refractivity contribution is 0.520. The third kappa shape index (κ3) is 6.83. The minimum Gasteiger partial charge on any atom is -0.316 e. The van der Waals surface area contributed by atoms with E-state index in [0.29, 0.717) is 16.9 Å². The van der Waals surface area contributed by atoms with Crippen LogP contribution in [-0.2, 0) is 0 Å². The van der Waals surface area contributed by atoms with Gasteiger partial charge in [-0.1, -0.05) is 56.5 Å². The van der Waals surface area contributed by atoms with E-state index in [2.05, 4.69) is 64.0 Å². The number of allylic oxidation sites excluding steroid dienone is 12. The number of nitrogens with zero attached hydrogens (tertiary/aromatic N) is 2. The number of nitrogens with one attached hydrogen (secondary N) is 1. The summed E-state index contributed by atoms with van der Waals surface area (Å²) < 4.78 is 0. The molecule has 1 heterocycles. The summed E-state index contributed by atoms with van der Waals surface area (Å²) in [6, 6.07) is 2.25. The molecule has 1 N–H and O–H groups in total. The third-order valence-electron chi connectivity index (χ3n) is 7.59. The number of rotatable bonds is 10. The maximum atomic E-state index is 9.52. The van der Waals surface area contributed by atoms with E-state index in [1.165, 1.54) is 48.0 Å². The highest BCUT2D eigenvalue weighted by Crippen LogP contribution is 2.50. The average molecular weight is 482 g/mol. The Bertz CT molecular complexity index is 1120. The van der Waals surface area contributed by atoms with Crippen LogP contribution in [0.5, 0.6) is 0 Å². The quantitative estimate of drug-likeness (QED) is 0.197. The van der Waals surface area contributed by atoms with Crippen molar-refractivity contribution in [3.05, 3.63) is 95.2 Å². The summed E-state index contributed by atoms with van der Waals surface area (Å²) in [7, 11) is 1.90. The molecule has 3 aliphatic rings. The van der Waals surface area contributed by atoms with Crippen molar-refractivity contribution in [3.63, 3.8) is 0 Å². The van der Waals surface area contributed by atoms with Crippen molar-refractivity contribution >= 4 is 5.71 Å². The Hall–Kier alpha value is -2.96. The molecule has 1 atom stereocenters. The highest BCUT2D eigenvalue weighted by Gasteiger charge is 2.41. The van der Waals surface area contributed by atoms with Crippen LogP contribution in [0.3, 0.4) is 0 Å². The van der Waals surface area contributed by atoms with Gasteiger partial charge in [-0.25, -0.2) is 0 Å². The minimum absolute atomic E-state index is 0.107. The summed E-state index contributed by atoms with van der Waals surface area (Å²) in [5.41, 5.74) is 9.47. The van der Waals surface area contributed by atoms with Gasteiger partial charge in [-0.15, -0.1) is 0 Å². The molecular weight excluding hydrogens is 438 g/mol. The number of aliphatic imine (C=N–C) groups is 1. The third-order valence-corrected chi connectivity index (χ3v) is 7.59. The van der Waals surface area contributed by atoms with E-state index in [0.717, 1.165) is 42.8 Å². The summed E-state index contributed by atoms with van der Waals surface area (Å²) in [5, 5.41) is 13.2. The number of hydrogen-bond acceptors (Lipinski definition) is 3. The molecule has 0 aromatic rings. The lowest BCUT2D eigenvalue weighted by atomic mass is 9.81. The van der Waals surface area contributed by atoms with Gasteiger partial charge >= 0.3 is 0 Å². The van der Waals surface area contributed by atoms with Crippen LogP contribution in [0.4, 0.5) is 0 Å². The molecule has 3 rings (SSSR count). The topological polar surface area (TPSA) is 48.2 Å². The molecule has 3 heteroatoms. The van der Waals surface area contributed by atoms with Gasteiger partial charge in [0.1, 0.15) is 0 Å². The van der Waals surface area contributed by atoms with Gasteiger partial charge in [0.2, 0.25) is 0 Å². The van der Waals surface area contributed by atoms with Crippen molar-refractivity contribution in [2.24, 2.45) is 22.2 Å². The normalized spacial score (nSPS) is 23.9. The lowest BCUT2D eigenvalue weighted by Crippen LogP contribution is -2.26. The fraction of sp³-hybridized carbons (Fsp3) is 0.455. The Morgan fingerprint density at radius 2 is 2.00 bits per heavy atom. The molecule has 1 spiro atoms. The van der Waals surface area contributed by atoms with Gasteiger partial charge in [0, 0.05) is 30.3 Å². The SMILES string of the molecule is C=C/C=C(C#N)\C=C(/C=C)C(C)\C=C(C(/C(C)=N\C)=C(C(=C)C)\C1=C/C2(CC2)CNCCC1)\C1CC1. The molecule has 2 fully saturated rings. The first-order chi connectivity index (χ1) is 17.3. The summed E-state index contributed by atoms with van der Waals surface area (Å²) >= 11 is 0. The second-order valence-corrected chi connectivity index (χ2v) is 10.7. The van der Waals surface area contributed by atoms with E-state index in [9.17, 15) is 5.26 Å². The standard InChI is InChI=1S/C33H43N3/c1-8-11-26(21-34)19-27(9-2)24(5)18-30(28-13-14-28)32(25(6)35-7)31(23(3)4)29-12-10-17-36-22-33(20-29)15-16-33/h8-9,11,18-20,24,28,36H,1-3,10,12-17,22H2,4-7H3/b26-11+,27-19+,29-20-,30-18-,32-31-,35-25-. The molecule has 3 nitrogen and oxygen atoms in total. The summed E-state index contributed by atoms with van der Waals surface area (Å²) in [6.45, 7) is 20.9. The summed E-state index contributed by atoms with van der Waals surface area (Å²) in [5.74, 6) is 0.639. The van der Waals surface area contributed by atoms with Gasteiger partial charge in [-0.3, -0.25) is 4.99 Å². The summed E-state index contributed by atoms with van der Waals surface area (Å²) in [4.78, 5) is 4.71. The molecule has 190 valence electrons. The fourth-order valence-electron chi connectivity index (χ4n) is 5.19. The molecule has 0 amide bonds. The molecular formula is C33H43N3. The largest absolute Gasteiger partial charge is 0.316 e. The molecule has 0 radical (unpaired) electrons. The zero-order chi connectivity index (χ0) is 26.3. The first kappa shape index (κ1) is 27.6. The monoisotopic (exact) mass is 481 g/mol. The second-order valence-electron chi connectivity index (χ2n) is 10.7. The van der Waals surface area contributed by atoms with Crippen molar-refractivity contribution in [3.8, 4) is 6.07 Å². The van der Waals surface area contributed by atoms with Crippen LogP contribution in [0.25, 0.3) is 0 Å². The highest BCUT2D eigenvalue weighted by atomic mass is 14.9. The van der Waals surface area contributed by atoms with Crippen molar-refractivity contribution in [1.29, 1.82) is 5.26 Å². The van der Waals surface area contributed by atoms with E-state index in [4.69, 9.17) is 4.99 Å². The molecule has 0 saturated heterocycles. The minimum atomic E-state index is 0.107. The Balaban J connectivity index is 2.20. The van der Waals surface area contributed by atoms with E-state index >= 15 is 0 Å². The maximum Gasteiger partial charge on any atom is 0.0991 e. The number of hydrogen-bond donors (Lipinski definition) is 1. The van der Waals surface area contributed by atoms with Gasteiger partial charge in [0.25, 0.3) is 0 Å². The van der Waals surface area contributed by atoms with Crippen LogP contribution in [0.1, 0.15) is 59.3 Å². The van der Waals surface area contributed by atoms with E-state index < -0.39 is 0 Å². The van der Waals surface area contributed by atoms with Crippen molar-refractivity contribution in [1.82, 2.24) is 5.32 Å². The van der Waals surface area contributed by atoms with Crippen molar-refractivity contribution < 1.29 is 0 Å². The van der Waals surface area contributed by atoms with Crippen molar-refractivity contribution in [2.45, 2.75) is 59.3 Å². The molecule has 1 aliphatic heterocycles. The van der Waals surface area contributed by atoms with Gasteiger partial charge < -0.3 is 5.32 Å². The van der Waals surface area contributed by atoms with Crippen LogP contribution >= 0.6 is 0 Å². The Kier molecular flexibility index (Phi) is 9.46. The first-order valence-corrected chi connectivity index (χ1v) is 13.3. The molecule has 0 aromatic heterocycles. The highest BCUT2D eigenvalue weighted by molar-refractivity contribution is 6.04. The van der Waals surface area contributed by atoms with E-state index in [1.807, 2.05) is 19.2 Å². The Morgan fingerprint density at radius 1 is 1.28 bits per heavy atom. The van der Waals surface area contributed by atoms with E-state index in [-0.39, 0.29) is 5.92 Å². The molecule has 2 aliphatic carbocycles. The van der Waals surface area contributed by atoms with E-state index in [1.54, 1.807) is 12.2 Å². The van der Waals surface area contributed by atoms with Gasteiger partial charge in [0.05, 0.1) is 11.6 Å². The molecule has 1 unspecified atom stereocenters. The predicted molar refractivity (Wildman–Crippen MR) is 155 cm³/mol. The molecule has 0 bridgehead atoms. The first-order valence-electron chi connectivity index (χ1n) is 13.3. The fourth-order valence-corrected chi connectivity index (χ4v) is 5.19. The van der Waals surface area contributed by atoms with Crippen LogP contribution in [-0.4, -0.2) is 25.8 Å². The molecule has 2 saturated carbocycles. The van der Waals surface area contributed by atoms with Gasteiger partial charge in [-0.2, -0.15) is 5.26 Å². The van der Waals surface area contributed by atoms with Crippen LogP contribution in [0.2, 0.25) is 0 Å². The van der Waals surface area contributed by atoms with Crippen LogP contribution in [0, 0.1) is 28.6 Å². The number of nitriles is 1. The van der Waals surface area contributed by atoms with Crippen LogP contribution in [0.15, 0.2) is 100 Å². The Labute approximate surface area is 219 Å². The maximum absolute atomic E-state index is 9.52. The smallest absolute Gasteiger partial charge is 0.0991 e. The molecule has 0 aromatic carbocycles. The predicted octanol–water partition coefficient (Wildman–Crippen LogP) is 7.76.